The van der Waals surface area contributed by atoms with Gasteiger partial charge >= 0.3 is 18.2 Å². The number of nitrogens with one attached hydrogen (secondary N) is 2. The minimum atomic E-state index is -0.921. The van der Waals surface area contributed by atoms with Crippen LogP contribution in [0.2, 0.25) is 0 Å². The summed E-state index contributed by atoms with van der Waals surface area (Å²) in [5.41, 5.74) is 4.67. The van der Waals surface area contributed by atoms with E-state index in [0.717, 1.165) is 27.8 Å². The zero-order chi connectivity index (χ0) is 30.8. The van der Waals surface area contributed by atoms with Gasteiger partial charge in [-0.25, -0.2) is 14.4 Å². The van der Waals surface area contributed by atoms with Gasteiger partial charge < -0.3 is 29.6 Å². The molecule has 0 saturated heterocycles. The molecule has 43 heavy (non-hydrogen) atoms. The number of amides is 2. The standard InChI is InChI=1S/C34H40N2O7/c1-34(2,3)43-32(38)35-20-10-9-15-30(31(37)41-21-23-16-18-24(40-4)19-17-23)36-33(39)42-22-29-27-13-7-5-11-25(27)26-12-6-8-14-28(26)29/h5-8,11-14,16-19,29-30H,9-10,15,20-22H2,1-4H3,(H,35,38)(H,36,39)/t30-/m1/s1. The summed E-state index contributed by atoms with van der Waals surface area (Å²) in [6, 6.07) is 22.4. The molecule has 0 aromatic heterocycles. The normalized spacial score (nSPS) is 12.8. The van der Waals surface area contributed by atoms with Gasteiger partial charge in [-0.05, 0) is 80.0 Å². The molecule has 0 aliphatic heterocycles. The largest absolute Gasteiger partial charge is 0.497 e. The van der Waals surface area contributed by atoms with E-state index in [0.29, 0.717) is 31.6 Å². The minimum absolute atomic E-state index is 0.0475. The number of ether oxygens (including phenoxy) is 4. The maximum absolute atomic E-state index is 13.1. The van der Waals surface area contributed by atoms with Crippen molar-refractivity contribution in [2.75, 3.05) is 20.3 Å². The highest BCUT2D eigenvalue weighted by atomic mass is 16.6. The molecule has 1 aliphatic carbocycles. The highest BCUT2D eigenvalue weighted by molar-refractivity contribution is 5.82. The summed E-state index contributed by atoms with van der Waals surface area (Å²) in [5, 5.41) is 5.41. The van der Waals surface area contributed by atoms with Crippen LogP contribution in [0.1, 0.15) is 62.6 Å². The van der Waals surface area contributed by atoms with Gasteiger partial charge in [-0.3, -0.25) is 0 Å². The second-order valence-electron chi connectivity index (χ2n) is 11.4. The molecule has 1 atom stereocenters. The molecule has 3 aromatic rings. The van der Waals surface area contributed by atoms with E-state index in [1.54, 1.807) is 40.0 Å². The van der Waals surface area contributed by atoms with Gasteiger partial charge in [0, 0.05) is 12.5 Å². The highest BCUT2D eigenvalue weighted by Crippen LogP contribution is 2.44. The maximum atomic E-state index is 13.1. The number of alkyl carbamates (subject to hydrolysis) is 2. The van der Waals surface area contributed by atoms with Crippen LogP contribution in [0.4, 0.5) is 9.59 Å². The first-order valence-corrected chi connectivity index (χ1v) is 14.5. The summed E-state index contributed by atoms with van der Waals surface area (Å²) in [6.07, 6.45) is 0.233. The predicted octanol–water partition coefficient (Wildman–Crippen LogP) is 6.34. The fourth-order valence-electron chi connectivity index (χ4n) is 4.99. The highest BCUT2D eigenvalue weighted by Gasteiger charge is 2.30. The monoisotopic (exact) mass is 588 g/mol. The van der Waals surface area contributed by atoms with Crippen molar-refractivity contribution in [2.24, 2.45) is 0 Å². The Morgan fingerprint density at radius 2 is 1.44 bits per heavy atom. The average molecular weight is 589 g/mol. The number of methoxy groups -OCH3 is 1. The van der Waals surface area contributed by atoms with Crippen molar-refractivity contribution in [1.82, 2.24) is 10.6 Å². The van der Waals surface area contributed by atoms with E-state index >= 15 is 0 Å². The second kappa shape index (κ2) is 14.6. The molecule has 1 aliphatic rings. The van der Waals surface area contributed by atoms with Gasteiger partial charge in [0.05, 0.1) is 7.11 Å². The number of carbonyl (C=O) groups is 3. The maximum Gasteiger partial charge on any atom is 0.407 e. The number of benzene rings is 3. The predicted molar refractivity (Wildman–Crippen MR) is 163 cm³/mol. The third kappa shape index (κ3) is 8.98. The summed E-state index contributed by atoms with van der Waals surface area (Å²) >= 11 is 0. The van der Waals surface area contributed by atoms with E-state index < -0.39 is 29.8 Å². The van der Waals surface area contributed by atoms with Gasteiger partial charge in [0.1, 0.15) is 30.6 Å². The lowest BCUT2D eigenvalue weighted by Gasteiger charge is -2.20. The van der Waals surface area contributed by atoms with E-state index in [2.05, 4.69) is 22.8 Å². The Balaban J connectivity index is 1.34. The van der Waals surface area contributed by atoms with Crippen LogP contribution in [0.15, 0.2) is 72.8 Å². The Labute approximate surface area is 252 Å². The van der Waals surface area contributed by atoms with E-state index in [9.17, 15) is 14.4 Å². The number of hydrogen-bond donors (Lipinski definition) is 2. The zero-order valence-corrected chi connectivity index (χ0v) is 25.2. The third-order valence-corrected chi connectivity index (χ3v) is 7.05. The lowest BCUT2D eigenvalue weighted by Crippen LogP contribution is -2.42. The number of rotatable bonds is 12. The van der Waals surface area contributed by atoms with Crippen LogP contribution in [-0.2, 0) is 25.6 Å². The van der Waals surface area contributed by atoms with Crippen molar-refractivity contribution >= 4 is 18.2 Å². The second-order valence-corrected chi connectivity index (χ2v) is 11.4. The lowest BCUT2D eigenvalue weighted by molar-refractivity contribution is -0.147. The Hall–Kier alpha value is -4.53. The minimum Gasteiger partial charge on any atom is -0.497 e. The fraction of sp³-hybridized carbons (Fsp3) is 0.382. The summed E-state index contributed by atoms with van der Waals surface area (Å²) < 4.78 is 21.6. The molecule has 0 radical (unpaired) electrons. The van der Waals surface area contributed by atoms with Gasteiger partial charge in [0.25, 0.3) is 0 Å². The zero-order valence-electron chi connectivity index (χ0n) is 25.2. The number of fused-ring (bicyclic) bond motifs is 3. The van der Waals surface area contributed by atoms with Crippen molar-refractivity contribution in [2.45, 2.75) is 64.2 Å². The molecule has 2 amide bonds. The Bertz CT molecular complexity index is 1350. The van der Waals surface area contributed by atoms with Crippen LogP contribution in [0.25, 0.3) is 11.1 Å². The van der Waals surface area contributed by atoms with Gasteiger partial charge in [-0.15, -0.1) is 0 Å². The molecule has 2 N–H and O–H groups in total. The summed E-state index contributed by atoms with van der Waals surface area (Å²) in [4.78, 5) is 38.0. The van der Waals surface area contributed by atoms with Crippen LogP contribution in [0.3, 0.4) is 0 Å². The molecule has 0 unspecified atom stereocenters. The van der Waals surface area contributed by atoms with Gasteiger partial charge in [-0.2, -0.15) is 0 Å². The number of hydrogen-bond acceptors (Lipinski definition) is 7. The lowest BCUT2D eigenvalue weighted by atomic mass is 9.98. The van der Waals surface area contributed by atoms with Gasteiger partial charge in [0.2, 0.25) is 0 Å². The molecule has 0 heterocycles. The van der Waals surface area contributed by atoms with E-state index in [-0.39, 0.29) is 19.1 Å². The quantitative estimate of drug-likeness (QED) is 0.144. The molecular formula is C34H40N2O7. The molecule has 3 aromatic carbocycles. The first kappa shape index (κ1) is 31.4. The van der Waals surface area contributed by atoms with Crippen molar-refractivity contribution in [3.63, 3.8) is 0 Å². The topological polar surface area (TPSA) is 112 Å². The van der Waals surface area contributed by atoms with Crippen LogP contribution in [0, 0.1) is 0 Å². The molecule has 4 rings (SSSR count). The first-order valence-electron chi connectivity index (χ1n) is 14.5. The molecule has 0 bridgehead atoms. The van der Waals surface area contributed by atoms with E-state index in [1.807, 2.05) is 48.5 Å². The molecule has 9 heteroatoms. The van der Waals surface area contributed by atoms with E-state index in [4.69, 9.17) is 18.9 Å². The Morgan fingerprint density at radius 3 is 2.05 bits per heavy atom. The van der Waals surface area contributed by atoms with E-state index in [1.165, 1.54) is 0 Å². The van der Waals surface area contributed by atoms with Gasteiger partial charge in [-0.1, -0.05) is 60.7 Å². The summed E-state index contributed by atoms with van der Waals surface area (Å²) in [5.74, 6) is 0.0341. The molecule has 9 nitrogen and oxygen atoms in total. The van der Waals surface area contributed by atoms with Crippen molar-refractivity contribution in [3.8, 4) is 16.9 Å². The Kier molecular flexibility index (Phi) is 10.6. The third-order valence-electron chi connectivity index (χ3n) is 7.05. The molecule has 0 saturated carbocycles. The van der Waals surface area contributed by atoms with Crippen LogP contribution < -0.4 is 15.4 Å². The number of unbranched alkanes of at least 4 members (excludes halogenated alkanes) is 1. The number of carbonyl (C=O) groups excluding carboxylic acids is 3. The van der Waals surface area contributed by atoms with Gasteiger partial charge in [0.15, 0.2) is 0 Å². The average Bonchev–Trinajstić information content (AvgIpc) is 3.31. The summed E-state index contributed by atoms with van der Waals surface area (Å²) in [6.45, 7) is 5.93. The summed E-state index contributed by atoms with van der Waals surface area (Å²) in [7, 11) is 1.58. The SMILES string of the molecule is COc1ccc(COC(=O)[C@@H](CCCCNC(=O)OC(C)(C)C)NC(=O)OCC2c3ccccc3-c3ccccc32)cc1. The number of esters is 1. The molecule has 228 valence electrons. The fourth-order valence-corrected chi connectivity index (χ4v) is 4.99. The van der Waals surface area contributed by atoms with Crippen LogP contribution >= 0.6 is 0 Å². The smallest absolute Gasteiger partial charge is 0.407 e. The van der Waals surface area contributed by atoms with Crippen molar-refractivity contribution in [3.05, 3.63) is 89.5 Å². The van der Waals surface area contributed by atoms with Crippen LogP contribution in [-0.4, -0.2) is 50.1 Å². The van der Waals surface area contributed by atoms with Crippen LogP contribution in [0.5, 0.6) is 5.75 Å². The Morgan fingerprint density at radius 1 is 0.814 bits per heavy atom. The molecule has 0 spiro atoms. The van der Waals surface area contributed by atoms with Crippen molar-refractivity contribution < 1.29 is 33.3 Å². The molecule has 0 fully saturated rings. The molecular weight excluding hydrogens is 548 g/mol. The van der Waals surface area contributed by atoms with Crippen molar-refractivity contribution in [1.29, 1.82) is 0 Å². The first-order chi connectivity index (χ1) is 20.6.